The summed E-state index contributed by atoms with van der Waals surface area (Å²) in [4.78, 5) is 6.44. The molecule has 0 atom stereocenters. The molecule has 1 fully saturated rings. The van der Waals surface area contributed by atoms with Crippen molar-refractivity contribution >= 4 is 21.7 Å². The Hall–Kier alpha value is -1.96. The van der Waals surface area contributed by atoms with E-state index in [9.17, 15) is 8.42 Å². The van der Waals surface area contributed by atoms with Crippen LogP contribution in [0.15, 0.2) is 29.3 Å². The van der Waals surface area contributed by atoms with Gasteiger partial charge in [-0.3, -0.25) is 4.72 Å². The molecule has 128 valence electrons. The molecule has 2 rings (SSSR count). The molecule has 0 unspecified atom stereocenters. The molecule has 1 saturated heterocycles. The molecule has 23 heavy (non-hydrogen) atoms. The monoisotopic (exact) mass is 340 g/mol. The molecule has 0 bridgehead atoms. The van der Waals surface area contributed by atoms with Crippen LogP contribution >= 0.6 is 0 Å². The molecule has 0 radical (unpaired) electrons. The van der Waals surface area contributed by atoms with Crippen LogP contribution in [0.2, 0.25) is 0 Å². The van der Waals surface area contributed by atoms with Crippen LogP contribution < -0.4 is 15.2 Å². The van der Waals surface area contributed by atoms with Crippen LogP contribution in [0, 0.1) is 0 Å². The van der Waals surface area contributed by atoms with Crippen molar-refractivity contribution in [2.24, 2.45) is 10.7 Å². The van der Waals surface area contributed by atoms with Crippen molar-refractivity contribution in [3.8, 4) is 5.75 Å². The normalized spacial score (nSPS) is 16.2. The van der Waals surface area contributed by atoms with Crippen LogP contribution in [0.5, 0.6) is 5.75 Å². The summed E-state index contributed by atoms with van der Waals surface area (Å²) < 4.78 is 30.2. The van der Waals surface area contributed by atoms with Gasteiger partial charge >= 0.3 is 0 Å². The number of likely N-dealkylation sites (tertiary alicyclic amines) is 1. The van der Waals surface area contributed by atoms with Gasteiger partial charge in [-0.2, -0.15) is 0 Å². The number of nitrogens with two attached hydrogens (primary N) is 1. The maximum atomic E-state index is 11.1. The van der Waals surface area contributed by atoms with Crippen molar-refractivity contribution in [1.29, 1.82) is 0 Å². The Labute approximate surface area is 137 Å². The van der Waals surface area contributed by atoms with Gasteiger partial charge in [-0.05, 0) is 43.5 Å². The topological polar surface area (TPSA) is 97.0 Å². The highest BCUT2D eigenvalue weighted by molar-refractivity contribution is 7.92. The highest BCUT2D eigenvalue weighted by Gasteiger charge is 2.11. The molecule has 8 heteroatoms. The smallest absolute Gasteiger partial charge is 0.229 e. The van der Waals surface area contributed by atoms with Crippen LogP contribution in [-0.2, 0) is 10.0 Å². The van der Waals surface area contributed by atoms with E-state index in [1.165, 1.54) is 19.3 Å². The van der Waals surface area contributed by atoms with E-state index in [2.05, 4.69) is 14.6 Å². The zero-order chi connectivity index (χ0) is 16.7. The van der Waals surface area contributed by atoms with E-state index in [0.717, 1.165) is 19.3 Å². The highest BCUT2D eigenvalue weighted by atomic mass is 32.2. The van der Waals surface area contributed by atoms with Crippen LogP contribution in [0.25, 0.3) is 0 Å². The predicted octanol–water partition coefficient (Wildman–Crippen LogP) is 1.24. The second-order valence-corrected chi connectivity index (χ2v) is 7.28. The number of piperidine rings is 1. The van der Waals surface area contributed by atoms with E-state index in [1.54, 1.807) is 24.3 Å². The molecule has 0 aromatic heterocycles. The van der Waals surface area contributed by atoms with Gasteiger partial charge in [-0.25, -0.2) is 13.4 Å². The predicted molar refractivity (Wildman–Crippen MR) is 92.3 cm³/mol. The van der Waals surface area contributed by atoms with Crippen molar-refractivity contribution in [3.63, 3.8) is 0 Å². The second kappa shape index (κ2) is 8.05. The number of sulfonamides is 1. The van der Waals surface area contributed by atoms with Gasteiger partial charge in [0.05, 0.1) is 12.8 Å². The Morgan fingerprint density at radius 3 is 2.52 bits per heavy atom. The fraction of sp³-hybridized carbons (Fsp3) is 0.533. The lowest BCUT2D eigenvalue weighted by molar-refractivity contribution is 0.321. The molecule has 0 spiro atoms. The number of ether oxygens (including phenoxy) is 1. The van der Waals surface area contributed by atoms with Gasteiger partial charge in [-0.15, -0.1) is 0 Å². The summed E-state index contributed by atoms with van der Waals surface area (Å²) in [5.41, 5.74) is 6.47. The number of rotatable bonds is 6. The molecule has 1 aliphatic rings. The Bertz CT molecular complexity index is 623. The molecular weight excluding hydrogens is 316 g/mol. The van der Waals surface area contributed by atoms with Crippen LogP contribution in [0.3, 0.4) is 0 Å². The van der Waals surface area contributed by atoms with Gasteiger partial charge in [0, 0.05) is 18.8 Å². The SMILES string of the molecule is CS(=O)(=O)Nc1ccc(OCCN=C(N)N2CCCCC2)cc1. The van der Waals surface area contributed by atoms with Gasteiger partial charge in [0.15, 0.2) is 5.96 Å². The first-order valence-electron chi connectivity index (χ1n) is 7.69. The fourth-order valence-electron chi connectivity index (χ4n) is 2.38. The number of nitrogens with one attached hydrogen (secondary N) is 1. The molecular formula is C15H24N4O3S. The minimum atomic E-state index is -3.26. The number of anilines is 1. The number of hydrogen-bond acceptors (Lipinski definition) is 4. The van der Waals surface area contributed by atoms with Crippen LogP contribution in [-0.4, -0.2) is 51.8 Å². The zero-order valence-corrected chi connectivity index (χ0v) is 14.2. The van der Waals surface area contributed by atoms with Crippen LogP contribution in [0.1, 0.15) is 19.3 Å². The van der Waals surface area contributed by atoms with E-state index in [-0.39, 0.29) is 0 Å². The van der Waals surface area contributed by atoms with Gasteiger partial charge in [0.1, 0.15) is 12.4 Å². The number of nitrogens with zero attached hydrogens (tertiary/aromatic N) is 2. The third kappa shape index (κ3) is 6.35. The van der Waals surface area contributed by atoms with E-state index in [4.69, 9.17) is 10.5 Å². The zero-order valence-electron chi connectivity index (χ0n) is 13.4. The lowest BCUT2D eigenvalue weighted by atomic mass is 10.1. The Morgan fingerprint density at radius 1 is 1.26 bits per heavy atom. The largest absolute Gasteiger partial charge is 0.492 e. The third-order valence-corrected chi connectivity index (χ3v) is 4.08. The summed E-state index contributed by atoms with van der Waals surface area (Å²) in [5, 5.41) is 0. The minimum absolute atomic E-state index is 0.424. The van der Waals surface area contributed by atoms with E-state index >= 15 is 0 Å². The van der Waals surface area contributed by atoms with E-state index < -0.39 is 10.0 Å². The Morgan fingerprint density at radius 2 is 1.91 bits per heavy atom. The number of hydrogen-bond donors (Lipinski definition) is 2. The highest BCUT2D eigenvalue weighted by Crippen LogP contribution is 2.16. The van der Waals surface area contributed by atoms with E-state index in [0.29, 0.717) is 30.5 Å². The molecule has 3 N–H and O–H groups in total. The van der Waals surface area contributed by atoms with Gasteiger partial charge in [-0.1, -0.05) is 0 Å². The average Bonchev–Trinajstić information content (AvgIpc) is 2.52. The number of aliphatic imine (C=N–C) groups is 1. The van der Waals surface area contributed by atoms with Gasteiger partial charge < -0.3 is 15.4 Å². The van der Waals surface area contributed by atoms with Crippen molar-refractivity contribution < 1.29 is 13.2 Å². The molecule has 1 aliphatic heterocycles. The van der Waals surface area contributed by atoms with Crippen molar-refractivity contribution in [2.45, 2.75) is 19.3 Å². The van der Waals surface area contributed by atoms with Crippen LogP contribution in [0.4, 0.5) is 5.69 Å². The molecule has 0 amide bonds. The van der Waals surface area contributed by atoms with Crippen molar-refractivity contribution in [1.82, 2.24) is 4.90 Å². The van der Waals surface area contributed by atoms with E-state index in [1.807, 2.05) is 0 Å². The van der Waals surface area contributed by atoms with Crippen molar-refractivity contribution in [3.05, 3.63) is 24.3 Å². The standard InChI is InChI=1S/C15H24N4O3S/c1-23(20,21)18-13-5-7-14(8-6-13)22-12-9-17-15(16)19-10-3-2-4-11-19/h5-8,18H,2-4,9-12H2,1H3,(H2,16,17). The Balaban J connectivity index is 1.75. The quantitative estimate of drug-likeness (QED) is 0.461. The summed E-state index contributed by atoms with van der Waals surface area (Å²) in [6, 6.07) is 6.74. The first kappa shape index (κ1) is 17.4. The molecule has 0 aliphatic carbocycles. The summed E-state index contributed by atoms with van der Waals surface area (Å²) in [6.45, 7) is 2.87. The first-order chi connectivity index (χ1) is 10.9. The molecule has 1 aromatic carbocycles. The molecule has 7 nitrogen and oxygen atoms in total. The minimum Gasteiger partial charge on any atom is -0.492 e. The summed E-state index contributed by atoms with van der Waals surface area (Å²) in [5.74, 6) is 1.25. The summed E-state index contributed by atoms with van der Waals surface area (Å²) >= 11 is 0. The molecule has 1 aromatic rings. The number of guanidine groups is 1. The third-order valence-electron chi connectivity index (χ3n) is 3.47. The maximum absolute atomic E-state index is 11.1. The molecule has 1 heterocycles. The van der Waals surface area contributed by atoms with Gasteiger partial charge in [0.2, 0.25) is 10.0 Å². The summed E-state index contributed by atoms with van der Waals surface area (Å²) in [6.07, 6.45) is 4.71. The Kier molecular flexibility index (Phi) is 6.09. The fourth-order valence-corrected chi connectivity index (χ4v) is 2.94. The van der Waals surface area contributed by atoms with Crippen molar-refractivity contribution in [2.75, 3.05) is 37.2 Å². The summed E-state index contributed by atoms with van der Waals surface area (Å²) in [7, 11) is -3.26. The molecule has 0 saturated carbocycles. The lowest BCUT2D eigenvalue weighted by Gasteiger charge is -2.27. The second-order valence-electron chi connectivity index (χ2n) is 5.53. The first-order valence-corrected chi connectivity index (χ1v) is 9.59. The maximum Gasteiger partial charge on any atom is 0.229 e. The average molecular weight is 340 g/mol. The number of benzene rings is 1. The van der Waals surface area contributed by atoms with Gasteiger partial charge in [0.25, 0.3) is 0 Å². The lowest BCUT2D eigenvalue weighted by Crippen LogP contribution is -2.41.